The lowest BCUT2D eigenvalue weighted by Gasteiger charge is -2.41. The molecule has 1 unspecified atom stereocenters. The first-order valence-corrected chi connectivity index (χ1v) is 13.6. The lowest BCUT2D eigenvalue weighted by Crippen LogP contribution is -2.67. The summed E-state index contributed by atoms with van der Waals surface area (Å²) >= 11 is 0. The monoisotopic (exact) mass is 603 g/mol. The fourth-order valence-corrected chi connectivity index (χ4v) is 5.34. The number of ether oxygens (including phenoxy) is 1. The Labute approximate surface area is 245 Å². The van der Waals surface area contributed by atoms with Crippen molar-refractivity contribution in [1.82, 2.24) is 21.0 Å². The molecule has 0 bridgehead atoms. The summed E-state index contributed by atoms with van der Waals surface area (Å²) in [6.07, 6.45) is -6.18. The largest absolute Gasteiger partial charge is 0.465 e. The Kier molecular flexibility index (Phi) is 9.81. The van der Waals surface area contributed by atoms with E-state index < -0.39 is 60.0 Å². The quantitative estimate of drug-likeness (QED) is 0.291. The van der Waals surface area contributed by atoms with Crippen LogP contribution in [0.1, 0.15) is 24.5 Å². The third kappa shape index (κ3) is 7.56. The maximum absolute atomic E-state index is 14.3. The number of carboxylic acid groups (broad SMARTS) is 1. The Morgan fingerprint density at radius 3 is 2.33 bits per heavy atom. The molecule has 0 radical (unpaired) electrons. The summed E-state index contributed by atoms with van der Waals surface area (Å²) < 4.78 is 46.0. The first kappa shape index (κ1) is 31.6. The van der Waals surface area contributed by atoms with Gasteiger partial charge >= 0.3 is 12.3 Å². The van der Waals surface area contributed by atoms with Crippen molar-refractivity contribution in [2.24, 2.45) is 10.5 Å². The minimum Gasteiger partial charge on any atom is -0.465 e. The first-order chi connectivity index (χ1) is 20.4. The molecule has 0 aromatic heterocycles. The zero-order chi connectivity index (χ0) is 31.2. The van der Waals surface area contributed by atoms with Gasteiger partial charge in [0.2, 0.25) is 5.91 Å². The summed E-state index contributed by atoms with van der Waals surface area (Å²) in [5.41, 5.74) is -0.284. The number of hydrogen-bond acceptors (Lipinski definition) is 7. The van der Waals surface area contributed by atoms with E-state index in [1.54, 1.807) is 54.6 Å². The van der Waals surface area contributed by atoms with Crippen LogP contribution in [0.15, 0.2) is 65.8 Å². The topological polar surface area (TPSA) is 149 Å². The molecule has 4 rings (SSSR count). The van der Waals surface area contributed by atoms with Crippen LogP contribution in [0, 0.1) is 5.41 Å². The van der Waals surface area contributed by atoms with Crippen LogP contribution < -0.4 is 16.0 Å². The van der Waals surface area contributed by atoms with E-state index >= 15 is 0 Å². The van der Waals surface area contributed by atoms with Crippen LogP contribution in [-0.4, -0.2) is 83.5 Å². The number of hydrogen-bond donors (Lipinski definition) is 4. The molecule has 43 heavy (non-hydrogen) atoms. The van der Waals surface area contributed by atoms with Gasteiger partial charge in [-0.2, -0.15) is 18.3 Å². The number of piperidine rings is 1. The van der Waals surface area contributed by atoms with Crippen LogP contribution in [-0.2, 0) is 32.1 Å². The fraction of sp³-hybridized carbons (Fsp3) is 0.414. The number of nitrogens with zero attached hydrogens (tertiary/aromatic N) is 2. The van der Waals surface area contributed by atoms with Gasteiger partial charge in [-0.1, -0.05) is 60.7 Å². The molecule has 14 heteroatoms. The molecule has 11 nitrogen and oxygen atoms in total. The highest BCUT2D eigenvalue weighted by atomic mass is 19.4. The number of nitrogens with one attached hydrogen (secondary N) is 3. The zero-order valence-electron chi connectivity index (χ0n) is 23.3. The summed E-state index contributed by atoms with van der Waals surface area (Å²) in [4.78, 5) is 52.1. The highest BCUT2D eigenvalue weighted by Gasteiger charge is 2.61. The summed E-state index contributed by atoms with van der Waals surface area (Å²) in [6.45, 7) is -0.480. The average Bonchev–Trinajstić information content (AvgIpc) is 3.22. The lowest BCUT2D eigenvalue weighted by molar-refractivity contribution is -0.164. The molecule has 1 saturated heterocycles. The Morgan fingerprint density at radius 1 is 1.09 bits per heavy atom. The summed E-state index contributed by atoms with van der Waals surface area (Å²) in [5.74, 6) is -2.53. The highest BCUT2D eigenvalue weighted by molar-refractivity contribution is 6.18. The number of alkyl halides is 3. The van der Waals surface area contributed by atoms with Gasteiger partial charge in [-0.05, 0) is 24.5 Å². The number of amides is 3. The Balaban J connectivity index is 1.68. The van der Waals surface area contributed by atoms with E-state index in [-0.39, 0.29) is 38.3 Å². The molecule has 3 amide bonds. The molecule has 2 aromatic rings. The molecule has 0 aliphatic carbocycles. The standard InChI is InChI=1S/C29H32F3N5O6/c1-18(34-27(41)42)25(39)35-21(16-43-15-20-10-6-3-7-11-20)23(38)24-28(14-19-8-4-2-5-9-19)22(12-13-33-24)36-37(26(28)40)17-29(30,31)32/h2-11,18,21,24,33-34H,12-17H2,1H3,(H,35,39)(H,41,42)/t18?,21-,24-,28+/m1/s1. The van der Waals surface area contributed by atoms with E-state index in [4.69, 9.17) is 9.84 Å². The van der Waals surface area contributed by atoms with Crippen LogP contribution in [0.2, 0.25) is 0 Å². The van der Waals surface area contributed by atoms with Crippen molar-refractivity contribution in [1.29, 1.82) is 0 Å². The second kappa shape index (κ2) is 13.3. The van der Waals surface area contributed by atoms with Gasteiger partial charge in [0.15, 0.2) is 5.78 Å². The van der Waals surface area contributed by atoms with Gasteiger partial charge in [0.25, 0.3) is 5.91 Å². The molecule has 4 atom stereocenters. The van der Waals surface area contributed by atoms with Crippen molar-refractivity contribution in [3.8, 4) is 0 Å². The lowest BCUT2D eigenvalue weighted by atomic mass is 9.66. The minimum absolute atomic E-state index is 0.0711. The van der Waals surface area contributed by atoms with E-state index in [0.717, 1.165) is 5.56 Å². The number of benzene rings is 2. The van der Waals surface area contributed by atoms with Crippen molar-refractivity contribution in [3.63, 3.8) is 0 Å². The predicted octanol–water partition coefficient (Wildman–Crippen LogP) is 2.26. The third-order valence-electron chi connectivity index (χ3n) is 7.30. The second-order valence-corrected chi connectivity index (χ2v) is 10.4. The van der Waals surface area contributed by atoms with Crippen molar-refractivity contribution in [3.05, 3.63) is 71.8 Å². The van der Waals surface area contributed by atoms with Gasteiger partial charge in [0.05, 0.1) is 25.0 Å². The maximum atomic E-state index is 14.3. The van der Waals surface area contributed by atoms with Crippen LogP contribution in [0.3, 0.4) is 0 Å². The average molecular weight is 604 g/mol. The van der Waals surface area contributed by atoms with Crippen LogP contribution in [0.5, 0.6) is 0 Å². The van der Waals surface area contributed by atoms with E-state index in [1.807, 2.05) is 11.4 Å². The van der Waals surface area contributed by atoms with Crippen molar-refractivity contribution < 1.29 is 42.2 Å². The summed E-state index contributed by atoms with van der Waals surface area (Å²) in [7, 11) is 0. The molecule has 1 fully saturated rings. The van der Waals surface area contributed by atoms with Crippen LogP contribution in [0.25, 0.3) is 0 Å². The van der Waals surface area contributed by atoms with Gasteiger partial charge in [0, 0.05) is 13.0 Å². The normalized spacial score (nSPS) is 21.4. The third-order valence-corrected chi connectivity index (χ3v) is 7.30. The number of carbonyl (C=O) groups is 4. The van der Waals surface area contributed by atoms with Gasteiger partial charge in [-0.15, -0.1) is 0 Å². The smallest absolute Gasteiger partial charge is 0.408 e. The maximum Gasteiger partial charge on any atom is 0.408 e. The molecule has 2 heterocycles. The molecule has 2 aromatic carbocycles. The zero-order valence-corrected chi connectivity index (χ0v) is 23.3. The van der Waals surface area contributed by atoms with E-state index in [1.165, 1.54) is 6.92 Å². The number of ketones is 1. The minimum atomic E-state index is -4.73. The number of fused-ring (bicyclic) bond motifs is 1. The number of hydrazone groups is 1. The Morgan fingerprint density at radius 2 is 1.72 bits per heavy atom. The molecule has 230 valence electrons. The van der Waals surface area contributed by atoms with Crippen molar-refractivity contribution in [2.75, 3.05) is 19.7 Å². The Hall–Kier alpha value is -4.30. The summed E-state index contributed by atoms with van der Waals surface area (Å²) in [6, 6.07) is 13.5. The van der Waals surface area contributed by atoms with Crippen LogP contribution >= 0.6 is 0 Å². The van der Waals surface area contributed by atoms with Gasteiger partial charge < -0.3 is 25.8 Å². The Bertz CT molecular complexity index is 1360. The van der Waals surface area contributed by atoms with Gasteiger partial charge in [0.1, 0.15) is 24.0 Å². The molecule has 2 aliphatic heterocycles. The van der Waals surface area contributed by atoms with E-state index in [0.29, 0.717) is 10.6 Å². The van der Waals surface area contributed by atoms with Gasteiger partial charge in [-0.25, -0.2) is 9.80 Å². The molecule has 0 saturated carbocycles. The SMILES string of the molecule is CC(NC(=O)O)C(=O)N[C@H](COCc1ccccc1)C(=O)[C@H]1NCCC2=NN(CC(F)(F)F)C(=O)[C@@]21Cc1ccccc1. The first-order valence-electron chi connectivity index (χ1n) is 13.6. The van der Waals surface area contributed by atoms with E-state index in [9.17, 15) is 32.3 Å². The highest BCUT2D eigenvalue weighted by Crippen LogP contribution is 2.41. The van der Waals surface area contributed by atoms with Crippen LogP contribution in [0.4, 0.5) is 18.0 Å². The van der Waals surface area contributed by atoms with Crippen molar-refractivity contribution >= 4 is 29.4 Å². The van der Waals surface area contributed by atoms with E-state index in [2.05, 4.69) is 15.7 Å². The number of halogens is 3. The number of Topliss-reactive ketones (excluding diaryl/α,β-unsaturated/α-hetero) is 1. The molecule has 4 N–H and O–H groups in total. The predicted molar refractivity (Wildman–Crippen MR) is 148 cm³/mol. The fourth-order valence-electron chi connectivity index (χ4n) is 5.34. The van der Waals surface area contributed by atoms with Crippen molar-refractivity contribution in [2.45, 2.75) is 50.7 Å². The molecule has 0 spiro atoms. The number of carbonyl (C=O) groups excluding carboxylic acids is 3. The summed E-state index contributed by atoms with van der Waals surface area (Å²) in [5, 5.41) is 21.0. The molecular weight excluding hydrogens is 571 g/mol. The molecule has 2 aliphatic rings. The number of rotatable bonds is 12. The van der Waals surface area contributed by atoms with Gasteiger partial charge in [-0.3, -0.25) is 14.4 Å². The second-order valence-electron chi connectivity index (χ2n) is 10.4. The molecular formula is C29H32F3N5O6.